The summed E-state index contributed by atoms with van der Waals surface area (Å²) in [6.45, 7) is 0. The van der Waals surface area contributed by atoms with Crippen molar-refractivity contribution in [1.82, 2.24) is 0 Å². The van der Waals surface area contributed by atoms with Crippen molar-refractivity contribution >= 4 is 27.1 Å². The third-order valence-corrected chi connectivity index (χ3v) is 4.70. The number of benzene rings is 1. The quantitative estimate of drug-likeness (QED) is 0.666. The lowest BCUT2D eigenvalue weighted by Gasteiger charge is -2.14. The standard InChI is InChI=1S/C11H15N3O3S/c12-9-5-7(11(13)15)1-2-10(9)14-8-3-4-18(16,17)6-8/h1-2,5,8,14H,3-4,6,12H2,(H2,13,15). The minimum absolute atomic E-state index is 0.115. The van der Waals surface area contributed by atoms with Gasteiger partial charge in [-0.3, -0.25) is 4.79 Å². The van der Waals surface area contributed by atoms with Gasteiger partial charge in [0.15, 0.2) is 9.84 Å². The molecule has 6 nitrogen and oxygen atoms in total. The highest BCUT2D eigenvalue weighted by Crippen LogP contribution is 2.23. The summed E-state index contributed by atoms with van der Waals surface area (Å²) in [5.74, 6) is -0.231. The molecule has 1 heterocycles. The van der Waals surface area contributed by atoms with Crippen LogP contribution < -0.4 is 16.8 Å². The molecule has 2 rings (SSSR count). The average molecular weight is 269 g/mol. The maximum Gasteiger partial charge on any atom is 0.248 e. The zero-order valence-corrected chi connectivity index (χ0v) is 10.5. The first kappa shape index (κ1) is 12.7. The Morgan fingerprint density at radius 3 is 2.61 bits per heavy atom. The van der Waals surface area contributed by atoms with Crippen LogP contribution >= 0.6 is 0 Å². The summed E-state index contributed by atoms with van der Waals surface area (Å²) < 4.78 is 22.7. The van der Waals surface area contributed by atoms with Gasteiger partial charge in [0.25, 0.3) is 0 Å². The third kappa shape index (κ3) is 2.73. The maximum atomic E-state index is 11.3. The first-order valence-electron chi connectivity index (χ1n) is 5.54. The average Bonchev–Trinajstić information content (AvgIpc) is 2.61. The van der Waals surface area contributed by atoms with E-state index in [4.69, 9.17) is 11.5 Å². The Hall–Kier alpha value is -1.76. The van der Waals surface area contributed by atoms with Gasteiger partial charge in [0.2, 0.25) is 5.91 Å². The number of carbonyl (C=O) groups excluding carboxylic acids is 1. The van der Waals surface area contributed by atoms with Crippen molar-refractivity contribution < 1.29 is 13.2 Å². The number of amides is 1. The minimum atomic E-state index is -2.93. The fraction of sp³-hybridized carbons (Fsp3) is 0.364. The summed E-state index contributed by atoms with van der Waals surface area (Å²) >= 11 is 0. The van der Waals surface area contributed by atoms with Crippen molar-refractivity contribution in [2.24, 2.45) is 5.73 Å². The van der Waals surface area contributed by atoms with Crippen molar-refractivity contribution in [3.05, 3.63) is 23.8 Å². The van der Waals surface area contributed by atoms with Crippen molar-refractivity contribution in [2.45, 2.75) is 12.5 Å². The number of nitrogens with one attached hydrogen (secondary N) is 1. The minimum Gasteiger partial charge on any atom is -0.397 e. The second-order valence-electron chi connectivity index (χ2n) is 4.41. The van der Waals surface area contributed by atoms with Crippen molar-refractivity contribution in [3.8, 4) is 0 Å². The van der Waals surface area contributed by atoms with Crippen LogP contribution in [0.15, 0.2) is 18.2 Å². The first-order chi connectivity index (χ1) is 8.37. The highest BCUT2D eigenvalue weighted by molar-refractivity contribution is 7.91. The van der Waals surface area contributed by atoms with Crippen LogP contribution in [-0.4, -0.2) is 31.9 Å². The fourth-order valence-electron chi connectivity index (χ4n) is 1.98. The van der Waals surface area contributed by atoms with E-state index in [1.54, 1.807) is 12.1 Å². The van der Waals surface area contributed by atoms with Crippen molar-refractivity contribution in [1.29, 1.82) is 0 Å². The van der Waals surface area contributed by atoms with Crippen LogP contribution in [0.4, 0.5) is 11.4 Å². The van der Waals surface area contributed by atoms with Gasteiger partial charge < -0.3 is 16.8 Å². The van der Waals surface area contributed by atoms with Gasteiger partial charge in [-0.1, -0.05) is 0 Å². The van der Waals surface area contributed by atoms with Crippen LogP contribution in [0, 0.1) is 0 Å². The highest BCUT2D eigenvalue weighted by atomic mass is 32.2. The molecule has 1 aromatic rings. The molecule has 1 saturated heterocycles. The smallest absolute Gasteiger partial charge is 0.248 e. The number of rotatable bonds is 3. The molecule has 0 radical (unpaired) electrons. The zero-order chi connectivity index (χ0) is 13.3. The molecule has 5 N–H and O–H groups in total. The van der Waals surface area contributed by atoms with E-state index in [-0.39, 0.29) is 17.5 Å². The van der Waals surface area contributed by atoms with Gasteiger partial charge in [0.05, 0.1) is 22.9 Å². The van der Waals surface area contributed by atoms with Crippen LogP contribution in [0.2, 0.25) is 0 Å². The van der Waals surface area contributed by atoms with Gasteiger partial charge in [-0.25, -0.2) is 8.42 Å². The van der Waals surface area contributed by atoms with Gasteiger partial charge in [0, 0.05) is 11.6 Å². The Morgan fingerprint density at radius 2 is 2.11 bits per heavy atom. The van der Waals surface area contributed by atoms with E-state index >= 15 is 0 Å². The van der Waals surface area contributed by atoms with Crippen LogP contribution in [0.1, 0.15) is 16.8 Å². The van der Waals surface area contributed by atoms with Gasteiger partial charge in [-0.15, -0.1) is 0 Å². The maximum absolute atomic E-state index is 11.3. The fourth-order valence-corrected chi connectivity index (χ4v) is 3.65. The summed E-state index contributed by atoms with van der Waals surface area (Å²) in [7, 11) is -2.93. The molecular formula is C11H15N3O3S. The monoisotopic (exact) mass is 269 g/mol. The molecule has 0 bridgehead atoms. The summed E-state index contributed by atoms with van der Waals surface area (Å²) in [6.07, 6.45) is 0.569. The predicted octanol–water partition coefficient (Wildman–Crippen LogP) is -0.0333. The molecule has 0 aromatic heterocycles. The molecule has 1 amide bonds. The number of nitrogens with two attached hydrogens (primary N) is 2. The topological polar surface area (TPSA) is 115 Å². The van der Waals surface area contributed by atoms with Crippen LogP contribution in [0.3, 0.4) is 0 Å². The number of hydrogen-bond donors (Lipinski definition) is 3. The van der Waals surface area contributed by atoms with Crippen molar-refractivity contribution in [3.63, 3.8) is 0 Å². The highest BCUT2D eigenvalue weighted by Gasteiger charge is 2.27. The van der Waals surface area contributed by atoms with E-state index in [1.165, 1.54) is 6.07 Å². The SMILES string of the molecule is NC(=O)c1ccc(NC2CCS(=O)(=O)C2)c(N)c1. The number of hydrogen-bond acceptors (Lipinski definition) is 5. The Balaban J connectivity index is 2.13. The number of anilines is 2. The molecule has 1 aliphatic rings. The second-order valence-corrected chi connectivity index (χ2v) is 6.64. The summed E-state index contributed by atoms with van der Waals surface area (Å²) in [6, 6.07) is 4.55. The largest absolute Gasteiger partial charge is 0.397 e. The molecule has 18 heavy (non-hydrogen) atoms. The molecule has 1 atom stereocenters. The summed E-state index contributed by atoms with van der Waals surface area (Å²) in [4.78, 5) is 11.0. The van der Waals surface area contributed by atoms with Crippen molar-refractivity contribution in [2.75, 3.05) is 22.6 Å². The molecule has 1 aliphatic heterocycles. The molecular weight excluding hydrogens is 254 g/mol. The summed E-state index contributed by atoms with van der Waals surface area (Å²) in [5.41, 5.74) is 12.3. The predicted molar refractivity (Wildman–Crippen MR) is 70.1 cm³/mol. The van der Waals surface area contributed by atoms with Gasteiger partial charge in [0.1, 0.15) is 0 Å². The van der Waals surface area contributed by atoms with Crippen LogP contribution in [-0.2, 0) is 9.84 Å². The van der Waals surface area contributed by atoms with E-state index in [9.17, 15) is 13.2 Å². The Morgan fingerprint density at radius 1 is 1.39 bits per heavy atom. The molecule has 0 saturated carbocycles. The number of carbonyl (C=O) groups is 1. The normalized spacial score (nSPS) is 21.7. The van der Waals surface area contributed by atoms with Crippen LogP contribution in [0.25, 0.3) is 0 Å². The molecule has 1 unspecified atom stereocenters. The van der Waals surface area contributed by atoms with Crippen LogP contribution in [0.5, 0.6) is 0 Å². The van der Waals surface area contributed by atoms with E-state index in [1.807, 2.05) is 0 Å². The Kier molecular flexibility index (Phi) is 3.16. The number of primary amides is 1. The Labute approximate surface area is 105 Å². The second kappa shape index (κ2) is 4.49. The lowest BCUT2D eigenvalue weighted by atomic mass is 10.1. The van der Waals surface area contributed by atoms with E-state index in [2.05, 4.69) is 5.32 Å². The van der Waals surface area contributed by atoms with Gasteiger partial charge in [-0.2, -0.15) is 0 Å². The molecule has 0 aliphatic carbocycles. The molecule has 0 spiro atoms. The molecule has 98 valence electrons. The van der Waals surface area contributed by atoms with E-state index in [0.29, 0.717) is 23.4 Å². The summed E-state index contributed by atoms with van der Waals surface area (Å²) in [5, 5.41) is 3.07. The number of sulfone groups is 1. The van der Waals surface area contributed by atoms with Gasteiger partial charge >= 0.3 is 0 Å². The third-order valence-electron chi connectivity index (χ3n) is 2.93. The van der Waals surface area contributed by atoms with Gasteiger partial charge in [-0.05, 0) is 24.6 Å². The first-order valence-corrected chi connectivity index (χ1v) is 7.36. The zero-order valence-electron chi connectivity index (χ0n) is 9.72. The lowest BCUT2D eigenvalue weighted by molar-refractivity contribution is 0.100. The van der Waals surface area contributed by atoms with E-state index < -0.39 is 15.7 Å². The molecule has 1 aromatic carbocycles. The Bertz CT molecular complexity index is 583. The molecule has 1 fully saturated rings. The molecule has 7 heteroatoms. The number of nitrogen functional groups attached to an aromatic ring is 1. The lowest BCUT2D eigenvalue weighted by Crippen LogP contribution is -2.21. The van der Waals surface area contributed by atoms with E-state index in [0.717, 1.165) is 0 Å².